The molecule has 3 aliphatic heterocycles. The molecule has 5 heteroatoms. The van der Waals surface area contributed by atoms with E-state index in [9.17, 15) is 14.4 Å². The van der Waals surface area contributed by atoms with Crippen LogP contribution in [-0.4, -0.2) is 41.1 Å². The van der Waals surface area contributed by atoms with E-state index in [1.807, 2.05) is 66.4 Å². The number of fused-ring (bicyclic) bond motifs is 5. The van der Waals surface area contributed by atoms with Gasteiger partial charge in [0.15, 0.2) is 5.78 Å². The number of Topliss-reactive ketones (excluding diaryl/α,β-unsaturated/α-hetero) is 1. The molecule has 2 amide bonds. The van der Waals surface area contributed by atoms with Crippen LogP contribution in [0, 0.1) is 11.8 Å². The molecular weight excluding hydrogens is 364 g/mol. The fourth-order valence-electron chi connectivity index (χ4n) is 5.09. The van der Waals surface area contributed by atoms with Crippen LogP contribution < -0.4 is 4.90 Å². The number of nitrogens with zero attached hydrogens (tertiary/aromatic N) is 2. The van der Waals surface area contributed by atoms with E-state index >= 15 is 0 Å². The molecule has 0 unspecified atom stereocenters. The van der Waals surface area contributed by atoms with Crippen LogP contribution >= 0.6 is 0 Å². The summed E-state index contributed by atoms with van der Waals surface area (Å²) in [5, 5.41) is 0. The number of hydrogen-bond donors (Lipinski definition) is 0. The molecular formula is C24H22N2O3. The number of hydrogen-bond acceptors (Lipinski definition) is 4. The minimum atomic E-state index is -0.684. The molecule has 5 nitrogen and oxygen atoms in total. The van der Waals surface area contributed by atoms with Crippen molar-refractivity contribution >= 4 is 29.4 Å². The van der Waals surface area contributed by atoms with Gasteiger partial charge in [-0.3, -0.25) is 19.3 Å². The third-order valence-corrected chi connectivity index (χ3v) is 6.28. The first-order valence-corrected chi connectivity index (χ1v) is 10.1. The van der Waals surface area contributed by atoms with Crippen LogP contribution in [0.15, 0.2) is 60.7 Å². The maximum Gasteiger partial charge on any atom is 0.235 e. The van der Waals surface area contributed by atoms with Crippen molar-refractivity contribution in [3.63, 3.8) is 0 Å². The average Bonchev–Trinajstić information content (AvgIpc) is 3.23. The smallest absolute Gasteiger partial charge is 0.235 e. The Morgan fingerprint density at radius 2 is 1.62 bits per heavy atom. The zero-order valence-electron chi connectivity index (χ0n) is 16.2. The van der Waals surface area contributed by atoms with Crippen molar-refractivity contribution in [3.05, 3.63) is 71.8 Å². The van der Waals surface area contributed by atoms with Crippen LogP contribution in [0.3, 0.4) is 0 Å². The van der Waals surface area contributed by atoms with Gasteiger partial charge in [-0.05, 0) is 18.1 Å². The summed E-state index contributed by atoms with van der Waals surface area (Å²) >= 11 is 0. The number of imide groups is 1. The van der Waals surface area contributed by atoms with Gasteiger partial charge < -0.3 is 4.90 Å². The molecule has 2 fully saturated rings. The van der Waals surface area contributed by atoms with Gasteiger partial charge in [0.2, 0.25) is 11.8 Å². The maximum atomic E-state index is 13.6. The maximum absolute atomic E-state index is 13.6. The van der Waals surface area contributed by atoms with E-state index in [2.05, 4.69) is 0 Å². The van der Waals surface area contributed by atoms with Crippen molar-refractivity contribution in [2.24, 2.45) is 11.8 Å². The highest BCUT2D eigenvalue weighted by molar-refractivity contribution is 6.14. The molecule has 2 saturated heterocycles. The molecule has 2 aromatic rings. The van der Waals surface area contributed by atoms with Gasteiger partial charge in [-0.1, -0.05) is 67.6 Å². The lowest BCUT2D eigenvalue weighted by molar-refractivity contribution is -0.140. The minimum Gasteiger partial charge on any atom is -0.352 e. The Morgan fingerprint density at radius 1 is 0.931 bits per heavy atom. The van der Waals surface area contributed by atoms with E-state index in [4.69, 9.17) is 0 Å². The van der Waals surface area contributed by atoms with Crippen LogP contribution in [0.1, 0.15) is 29.3 Å². The lowest BCUT2D eigenvalue weighted by Gasteiger charge is -2.36. The van der Waals surface area contributed by atoms with Gasteiger partial charge in [0.1, 0.15) is 6.04 Å². The van der Waals surface area contributed by atoms with Gasteiger partial charge in [-0.2, -0.15) is 0 Å². The first-order valence-electron chi connectivity index (χ1n) is 10.1. The first-order chi connectivity index (χ1) is 14.1. The molecule has 4 atom stereocenters. The predicted molar refractivity (Wildman–Crippen MR) is 110 cm³/mol. The highest BCUT2D eigenvalue weighted by Crippen LogP contribution is 2.48. The molecule has 3 heterocycles. The van der Waals surface area contributed by atoms with Gasteiger partial charge in [-0.15, -0.1) is 0 Å². The van der Waals surface area contributed by atoms with Crippen molar-refractivity contribution in [2.45, 2.75) is 25.4 Å². The van der Waals surface area contributed by atoms with Crippen LogP contribution in [0.2, 0.25) is 0 Å². The molecule has 29 heavy (non-hydrogen) atoms. The average molecular weight is 386 g/mol. The Labute approximate surface area is 169 Å². The molecule has 0 N–H and O–H groups in total. The predicted octanol–water partition coefficient (Wildman–Crippen LogP) is 3.16. The normalized spacial score (nSPS) is 27.1. The number of ketones is 1. The summed E-state index contributed by atoms with van der Waals surface area (Å²) in [7, 11) is 0. The second kappa shape index (κ2) is 6.69. The van der Waals surface area contributed by atoms with Crippen molar-refractivity contribution in [2.75, 3.05) is 11.4 Å². The Bertz CT molecular complexity index is 1030. The summed E-state index contributed by atoms with van der Waals surface area (Å²) in [5.74, 6) is -1.63. The van der Waals surface area contributed by atoms with Crippen molar-refractivity contribution in [1.82, 2.24) is 4.90 Å². The Morgan fingerprint density at radius 3 is 2.38 bits per heavy atom. The fourth-order valence-corrected chi connectivity index (χ4v) is 5.09. The van der Waals surface area contributed by atoms with E-state index < -0.39 is 17.9 Å². The summed E-state index contributed by atoms with van der Waals surface area (Å²) in [6.07, 6.45) is 4.70. The molecule has 0 saturated carbocycles. The zero-order chi connectivity index (χ0) is 20.1. The van der Waals surface area contributed by atoms with Gasteiger partial charge in [-0.25, -0.2) is 0 Å². The molecule has 146 valence electrons. The summed E-state index contributed by atoms with van der Waals surface area (Å²) in [5.41, 5.74) is 2.48. The molecule has 0 aromatic heterocycles. The van der Waals surface area contributed by atoms with Crippen molar-refractivity contribution in [3.8, 4) is 0 Å². The van der Waals surface area contributed by atoms with Crippen molar-refractivity contribution < 1.29 is 14.4 Å². The zero-order valence-corrected chi connectivity index (χ0v) is 16.2. The summed E-state index contributed by atoms with van der Waals surface area (Å²) in [6, 6.07) is 15.9. The van der Waals surface area contributed by atoms with Gasteiger partial charge in [0, 0.05) is 17.8 Å². The summed E-state index contributed by atoms with van der Waals surface area (Å²) in [6.45, 7) is 2.36. The van der Waals surface area contributed by atoms with Gasteiger partial charge >= 0.3 is 0 Å². The number of benzene rings is 2. The lowest BCUT2D eigenvalue weighted by atomic mass is 9.86. The number of likely N-dealkylation sites (tertiary alicyclic amines) is 1. The van der Waals surface area contributed by atoms with Gasteiger partial charge in [0.05, 0.1) is 17.9 Å². The number of amides is 2. The second-order valence-electron chi connectivity index (χ2n) is 7.87. The Hall–Kier alpha value is -3.21. The minimum absolute atomic E-state index is 0.104. The third kappa shape index (κ3) is 2.50. The highest BCUT2D eigenvalue weighted by atomic mass is 16.2. The Kier molecular flexibility index (Phi) is 4.12. The number of carbonyl (C=O) groups is 3. The SMILES string of the molecule is CCCN1C(=O)[C@@H]2[C@H](C1=O)[C@@H](C(=O)c1ccccc1)N1c3ccccc3C=C[C@@H]21. The molecule has 0 aliphatic carbocycles. The first kappa shape index (κ1) is 17.9. The molecule has 0 spiro atoms. The van der Waals surface area contributed by atoms with E-state index in [0.717, 1.165) is 11.3 Å². The molecule has 2 aromatic carbocycles. The van der Waals surface area contributed by atoms with E-state index in [0.29, 0.717) is 18.5 Å². The monoisotopic (exact) mass is 386 g/mol. The lowest BCUT2D eigenvalue weighted by Crippen LogP contribution is -2.48. The van der Waals surface area contributed by atoms with Crippen LogP contribution in [0.25, 0.3) is 6.08 Å². The molecule has 0 bridgehead atoms. The summed E-state index contributed by atoms with van der Waals surface area (Å²) in [4.78, 5) is 43.5. The largest absolute Gasteiger partial charge is 0.352 e. The standard InChI is InChI=1S/C24H22N2O3/c1-2-14-25-23(28)19-18-13-12-15-8-6-7-11-17(15)26(18)21(20(19)24(25)29)22(27)16-9-4-3-5-10-16/h3-13,18-21H,2,14H2,1H3/t18-,19-,20-,21-/m0/s1. The number of carbonyl (C=O) groups excluding carboxylic acids is 3. The summed E-state index contributed by atoms with van der Waals surface area (Å²) < 4.78 is 0. The fraction of sp³-hybridized carbons (Fsp3) is 0.292. The van der Waals surface area contributed by atoms with Gasteiger partial charge in [0.25, 0.3) is 0 Å². The number of rotatable bonds is 4. The number of para-hydroxylation sites is 1. The highest BCUT2D eigenvalue weighted by Gasteiger charge is 2.63. The van der Waals surface area contributed by atoms with E-state index in [1.54, 1.807) is 12.1 Å². The molecule has 5 rings (SSSR count). The molecule has 3 aliphatic rings. The van der Waals surface area contributed by atoms with Crippen molar-refractivity contribution in [1.29, 1.82) is 0 Å². The Balaban J connectivity index is 1.66. The van der Waals surface area contributed by atoms with Crippen LogP contribution in [0.5, 0.6) is 0 Å². The van der Waals surface area contributed by atoms with E-state index in [-0.39, 0.29) is 23.6 Å². The second-order valence-corrected chi connectivity index (χ2v) is 7.87. The topological polar surface area (TPSA) is 57.7 Å². The van der Waals surface area contributed by atoms with Crippen LogP contribution in [-0.2, 0) is 9.59 Å². The van der Waals surface area contributed by atoms with E-state index in [1.165, 1.54) is 4.90 Å². The molecule has 0 radical (unpaired) electrons. The number of anilines is 1. The third-order valence-electron chi connectivity index (χ3n) is 6.28. The quantitative estimate of drug-likeness (QED) is 0.598. The van der Waals surface area contributed by atoms with Crippen LogP contribution in [0.4, 0.5) is 5.69 Å².